The molecule has 0 saturated heterocycles. The van der Waals surface area contributed by atoms with Crippen molar-refractivity contribution in [3.05, 3.63) is 24.3 Å². The van der Waals surface area contributed by atoms with Crippen LogP contribution in [0, 0.1) is 0 Å². The number of unbranched alkanes of at least 4 members (excludes halogenated alkanes) is 4. The van der Waals surface area contributed by atoms with Crippen molar-refractivity contribution in [3.8, 4) is 11.5 Å². The first-order valence-electron chi connectivity index (χ1n) is 9.95. The number of ether oxygens (including phenoxy) is 2. The van der Waals surface area contributed by atoms with E-state index in [1.54, 1.807) is 14.2 Å². The van der Waals surface area contributed by atoms with Gasteiger partial charge in [-0.2, -0.15) is 0 Å². The molecule has 0 aromatic heterocycles. The Hall–Kier alpha value is -1.95. The molecular formula is C21H38N4O2. The fourth-order valence-corrected chi connectivity index (χ4v) is 2.70. The Balaban J connectivity index is 2.14. The number of hydrogen-bond acceptors (Lipinski definition) is 4. The average molecular weight is 379 g/mol. The highest BCUT2D eigenvalue weighted by atomic mass is 16.5. The number of guanidine groups is 1. The summed E-state index contributed by atoms with van der Waals surface area (Å²) in [4.78, 5) is 6.52. The van der Waals surface area contributed by atoms with Crippen LogP contribution < -0.4 is 20.1 Å². The molecule has 2 N–H and O–H groups in total. The zero-order chi connectivity index (χ0) is 19.9. The van der Waals surface area contributed by atoms with Gasteiger partial charge < -0.3 is 25.0 Å². The van der Waals surface area contributed by atoms with E-state index in [1.165, 1.54) is 38.6 Å². The molecule has 0 fully saturated rings. The summed E-state index contributed by atoms with van der Waals surface area (Å²) in [6, 6.07) is 7.66. The number of nitrogens with one attached hydrogen (secondary N) is 2. The Morgan fingerprint density at radius 3 is 2.48 bits per heavy atom. The van der Waals surface area contributed by atoms with Crippen LogP contribution in [0.1, 0.15) is 39.0 Å². The summed E-state index contributed by atoms with van der Waals surface area (Å²) in [5, 5.41) is 6.69. The lowest BCUT2D eigenvalue weighted by molar-refractivity contribution is 0.223. The standard InChI is InChI=1S/C21H38N4O2/c1-18(27-20-13-11-12-19(16-20)26-5)17-24-21(22-2)23-14-9-7-6-8-10-15-25(3)4/h11-13,16,18H,6-10,14-15,17H2,1-5H3,(H2,22,23,24). The predicted molar refractivity (Wildman–Crippen MR) is 114 cm³/mol. The molecule has 1 aromatic rings. The van der Waals surface area contributed by atoms with Crippen LogP contribution >= 0.6 is 0 Å². The normalized spacial score (nSPS) is 12.7. The lowest BCUT2D eigenvalue weighted by atomic mass is 10.1. The minimum atomic E-state index is 0.0207. The Kier molecular flexibility index (Phi) is 12.1. The lowest BCUT2D eigenvalue weighted by Gasteiger charge is -2.18. The molecule has 0 saturated carbocycles. The summed E-state index contributed by atoms with van der Waals surface area (Å²) >= 11 is 0. The molecule has 27 heavy (non-hydrogen) atoms. The summed E-state index contributed by atoms with van der Waals surface area (Å²) in [6.45, 7) is 4.85. The van der Waals surface area contributed by atoms with Gasteiger partial charge in [-0.1, -0.05) is 25.3 Å². The molecular weight excluding hydrogens is 340 g/mol. The predicted octanol–water partition coefficient (Wildman–Crippen LogP) is 3.14. The van der Waals surface area contributed by atoms with E-state index >= 15 is 0 Å². The molecule has 0 spiro atoms. The SMILES string of the molecule is CN=C(NCCCCCCCN(C)C)NCC(C)Oc1cccc(OC)c1. The summed E-state index contributed by atoms with van der Waals surface area (Å²) in [6.07, 6.45) is 6.34. The fourth-order valence-electron chi connectivity index (χ4n) is 2.70. The van der Waals surface area contributed by atoms with Crippen LogP contribution in [0.2, 0.25) is 0 Å². The largest absolute Gasteiger partial charge is 0.497 e. The van der Waals surface area contributed by atoms with Gasteiger partial charge in [0, 0.05) is 19.7 Å². The highest BCUT2D eigenvalue weighted by Crippen LogP contribution is 2.19. The fraction of sp³-hybridized carbons (Fsp3) is 0.667. The zero-order valence-corrected chi connectivity index (χ0v) is 17.8. The van der Waals surface area contributed by atoms with Crippen molar-refractivity contribution in [3.63, 3.8) is 0 Å². The first-order chi connectivity index (χ1) is 13.0. The van der Waals surface area contributed by atoms with Crippen LogP contribution in [0.25, 0.3) is 0 Å². The molecule has 6 heteroatoms. The Bertz CT molecular complexity index is 535. The summed E-state index contributed by atoms with van der Waals surface area (Å²) in [5.41, 5.74) is 0. The molecule has 0 heterocycles. The van der Waals surface area contributed by atoms with Crippen molar-refractivity contribution in [2.45, 2.75) is 45.1 Å². The molecule has 0 bridgehead atoms. The van der Waals surface area contributed by atoms with Crippen LogP contribution in [0.5, 0.6) is 11.5 Å². The van der Waals surface area contributed by atoms with Crippen molar-refractivity contribution < 1.29 is 9.47 Å². The molecule has 0 aliphatic carbocycles. The van der Waals surface area contributed by atoms with Gasteiger partial charge in [0.2, 0.25) is 0 Å². The topological polar surface area (TPSA) is 58.1 Å². The van der Waals surface area contributed by atoms with Gasteiger partial charge in [-0.15, -0.1) is 0 Å². The third-order valence-electron chi connectivity index (χ3n) is 4.23. The van der Waals surface area contributed by atoms with E-state index in [2.05, 4.69) is 34.6 Å². The molecule has 0 radical (unpaired) electrons. The van der Waals surface area contributed by atoms with Gasteiger partial charge in [-0.25, -0.2) is 0 Å². The van der Waals surface area contributed by atoms with Crippen molar-refractivity contribution in [1.29, 1.82) is 0 Å². The minimum Gasteiger partial charge on any atom is -0.497 e. The average Bonchev–Trinajstić information content (AvgIpc) is 2.66. The third kappa shape index (κ3) is 11.4. The Morgan fingerprint density at radius 2 is 1.78 bits per heavy atom. The molecule has 154 valence electrons. The number of rotatable bonds is 13. The molecule has 6 nitrogen and oxygen atoms in total. The number of benzene rings is 1. The van der Waals surface area contributed by atoms with Gasteiger partial charge in [0.15, 0.2) is 5.96 Å². The molecule has 1 rings (SSSR count). The van der Waals surface area contributed by atoms with Crippen LogP contribution in [0.15, 0.2) is 29.3 Å². The van der Waals surface area contributed by atoms with Crippen LogP contribution in [0.3, 0.4) is 0 Å². The quantitative estimate of drug-likeness (QED) is 0.314. The van der Waals surface area contributed by atoms with Gasteiger partial charge in [0.1, 0.15) is 17.6 Å². The van der Waals surface area contributed by atoms with Crippen LogP contribution in [0.4, 0.5) is 0 Å². The highest BCUT2D eigenvalue weighted by Gasteiger charge is 2.06. The van der Waals surface area contributed by atoms with Gasteiger partial charge in [-0.05, 0) is 52.5 Å². The molecule has 0 aliphatic heterocycles. The van der Waals surface area contributed by atoms with E-state index in [0.29, 0.717) is 6.54 Å². The van der Waals surface area contributed by atoms with Crippen LogP contribution in [-0.4, -0.2) is 64.9 Å². The van der Waals surface area contributed by atoms with E-state index in [-0.39, 0.29) is 6.10 Å². The van der Waals surface area contributed by atoms with Gasteiger partial charge in [0.05, 0.1) is 13.7 Å². The van der Waals surface area contributed by atoms with E-state index < -0.39 is 0 Å². The maximum atomic E-state index is 5.92. The van der Waals surface area contributed by atoms with Gasteiger partial charge >= 0.3 is 0 Å². The monoisotopic (exact) mass is 378 g/mol. The lowest BCUT2D eigenvalue weighted by Crippen LogP contribution is -2.42. The Labute approximate surface area is 165 Å². The second kappa shape index (κ2) is 14.2. The first-order valence-corrected chi connectivity index (χ1v) is 9.95. The van der Waals surface area contributed by atoms with E-state index in [4.69, 9.17) is 9.47 Å². The molecule has 1 unspecified atom stereocenters. The van der Waals surface area contributed by atoms with E-state index in [1.807, 2.05) is 31.2 Å². The summed E-state index contributed by atoms with van der Waals surface area (Å²) in [7, 11) is 7.71. The van der Waals surface area contributed by atoms with Crippen molar-refractivity contribution in [1.82, 2.24) is 15.5 Å². The highest BCUT2D eigenvalue weighted by molar-refractivity contribution is 5.79. The second-order valence-corrected chi connectivity index (χ2v) is 7.06. The van der Waals surface area contributed by atoms with Crippen molar-refractivity contribution >= 4 is 5.96 Å². The first kappa shape index (κ1) is 23.1. The van der Waals surface area contributed by atoms with Gasteiger partial charge in [-0.3, -0.25) is 4.99 Å². The summed E-state index contributed by atoms with van der Waals surface area (Å²) in [5.74, 6) is 2.43. The van der Waals surface area contributed by atoms with Crippen LogP contribution in [-0.2, 0) is 0 Å². The van der Waals surface area contributed by atoms with Crippen molar-refractivity contribution in [2.24, 2.45) is 4.99 Å². The molecule has 0 amide bonds. The maximum absolute atomic E-state index is 5.92. The van der Waals surface area contributed by atoms with E-state index in [0.717, 1.165) is 24.0 Å². The molecule has 1 atom stereocenters. The maximum Gasteiger partial charge on any atom is 0.191 e. The number of methoxy groups -OCH3 is 1. The van der Waals surface area contributed by atoms with Crippen molar-refractivity contribution in [2.75, 3.05) is 47.9 Å². The third-order valence-corrected chi connectivity index (χ3v) is 4.23. The smallest absolute Gasteiger partial charge is 0.191 e. The van der Waals surface area contributed by atoms with E-state index in [9.17, 15) is 0 Å². The summed E-state index contributed by atoms with van der Waals surface area (Å²) < 4.78 is 11.1. The number of nitrogens with zero attached hydrogens (tertiary/aromatic N) is 2. The zero-order valence-electron chi connectivity index (χ0n) is 17.8. The minimum absolute atomic E-state index is 0.0207. The molecule has 1 aromatic carbocycles. The Morgan fingerprint density at radius 1 is 1.07 bits per heavy atom. The number of hydrogen-bond donors (Lipinski definition) is 2. The second-order valence-electron chi connectivity index (χ2n) is 7.06. The number of aliphatic imine (C=N–C) groups is 1. The molecule has 0 aliphatic rings. The van der Waals surface area contributed by atoms with Gasteiger partial charge in [0.25, 0.3) is 0 Å².